The molecule has 1 aliphatic carbocycles. The molecule has 12 nitrogen and oxygen atoms in total. The van der Waals surface area contributed by atoms with Gasteiger partial charge in [0.25, 0.3) is 0 Å². The fourth-order valence-electron chi connectivity index (χ4n) is 5.55. The van der Waals surface area contributed by atoms with Gasteiger partial charge in [-0.15, -0.1) is 0 Å². The highest BCUT2D eigenvalue weighted by Crippen LogP contribution is 2.28. The second-order valence-corrected chi connectivity index (χ2v) is 12.9. The van der Waals surface area contributed by atoms with Gasteiger partial charge in [0.1, 0.15) is 30.4 Å². The monoisotopic (exact) mass is 638 g/mol. The van der Waals surface area contributed by atoms with E-state index in [9.17, 15) is 24.0 Å². The summed E-state index contributed by atoms with van der Waals surface area (Å²) in [7, 11) is 0. The normalized spacial score (nSPS) is 21.4. The number of esters is 3. The maximum absolute atomic E-state index is 13.9. The highest BCUT2D eigenvalue weighted by molar-refractivity contribution is 5.90. The summed E-state index contributed by atoms with van der Waals surface area (Å²) in [6, 6.07) is -2.27. The lowest BCUT2D eigenvalue weighted by atomic mass is 9.94. The number of hydrogen-bond acceptors (Lipinski definition) is 10. The molecule has 0 aromatic carbocycles. The van der Waals surface area contributed by atoms with Gasteiger partial charge in [-0.05, 0) is 53.4 Å². The van der Waals surface area contributed by atoms with Gasteiger partial charge in [-0.3, -0.25) is 19.3 Å². The van der Waals surface area contributed by atoms with Crippen LogP contribution in [-0.2, 0) is 42.9 Å². The third kappa shape index (κ3) is 13.8. The van der Waals surface area contributed by atoms with E-state index in [-0.39, 0.29) is 38.4 Å². The maximum Gasteiger partial charge on any atom is 0.410 e. The van der Waals surface area contributed by atoms with E-state index in [2.05, 4.69) is 5.32 Å². The molecule has 5 atom stereocenters. The van der Waals surface area contributed by atoms with Crippen LogP contribution in [0.4, 0.5) is 4.79 Å². The van der Waals surface area contributed by atoms with E-state index >= 15 is 0 Å². The third-order valence-corrected chi connectivity index (χ3v) is 7.80. The number of allylic oxidation sites excluding steroid dienone is 2. The van der Waals surface area contributed by atoms with Crippen molar-refractivity contribution < 1.29 is 47.7 Å². The Morgan fingerprint density at radius 2 is 1.62 bits per heavy atom. The molecule has 0 aromatic rings. The lowest BCUT2D eigenvalue weighted by molar-refractivity contribution is -0.168. The van der Waals surface area contributed by atoms with Crippen LogP contribution in [0.5, 0.6) is 0 Å². The molecule has 0 spiro atoms. The average Bonchev–Trinajstić information content (AvgIpc) is 3.20. The standard InChI is InChI=1S/C33H54N2O10/c1-8-9-10-15-18-41-32(40)35-20-26(44-25-16-13-11-12-14-17-25)19-27(35)30(38)34-29(31(39)45-33(5,6)7)22(2)28(43-24(4)37)21-42-23(3)36/h8-9,22,25-29H,10-21H2,1-7H3,(H,34,38). The first-order valence-corrected chi connectivity index (χ1v) is 16.3. The van der Waals surface area contributed by atoms with Gasteiger partial charge < -0.3 is 29.0 Å². The van der Waals surface area contributed by atoms with E-state index < -0.39 is 59.6 Å². The zero-order valence-electron chi connectivity index (χ0n) is 28.1. The summed E-state index contributed by atoms with van der Waals surface area (Å²) >= 11 is 0. The average molecular weight is 639 g/mol. The van der Waals surface area contributed by atoms with Crippen molar-refractivity contribution in [3.8, 4) is 0 Å². The van der Waals surface area contributed by atoms with Crippen LogP contribution in [0.15, 0.2) is 12.2 Å². The molecule has 12 heteroatoms. The molecular weight excluding hydrogens is 584 g/mol. The maximum atomic E-state index is 13.9. The van der Waals surface area contributed by atoms with Gasteiger partial charge in [0.05, 0.1) is 25.4 Å². The van der Waals surface area contributed by atoms with E-state index in [1.165, 1.54) is 18.7 Å². The van der Waals surface area contributed by atoms with Crippen LogP contribution in [0.3, 0.4) is 0 Å². The zero-order chi connectivity index (χ0) is 33.6. The van der Waals surface area contributed by atoms with Crippen molar-refractivity contribution >= 4 is 29.9 Å². The van der Waals surface area contributed by atoms with Crippen LogP contribution in [0.2, 0.25) is 0 Å². The molecule has 1 heterocycles. The highest BCUT2D eigenvalue weighted by Gasteiger charge is 2.45. The first kappa shape index (κ1) is 38.0. The number of ether oxygens (including phenoxy) is 5. The van der Waals surface area contributed by atoms with E-state index in [0.29, 0.717) is 6.42 Å². The summed E-state index contributed by atoms with van der Waals surface area (Å²) in [6.07, 6.45) is 9.87. The molecular formula is C33H54N2O10. The zero-order valence-corrected chi connectivity index (χ0v) is 28.1. The number of carbonyl (C=O) groups is 5. The van der Waals surface area contributed by atoms with Crippen LogP contribution in [-0.4, -0.2) is 90.6 Å². The number of unbranched alkanes of at least 4 members (excludes halogenated alkanes) is 1. The minimum Gasteiger partial charge on any atom is -0.462 e. The van der Waals surface area contributed by atoms with Crippen LogP contribution >= 0.6 is 0 Å². The summed E-state index contributed by atoms with van der Waals surface area (Å²) in [5.41, 5.74) is -0.888. The molecule has 1 N–H and O–H groups in total. The van der Waals surface area contributed by atoms with Crippen LogP contribution in [0.1, 0.15) is 106 Å². The molecule has 2 amide bonds. The lowest BCUT2D eigenvalue weighted by Crippen LogP contribution is -2.56. The Labute approximate surface area is 267 Å². The predicted molar refractivity (Wildman–Crippen MR) is 166 cm³/mol. The summed E-state index contributed by atoms with van der Waals surface area (Å²) in [6.45, 7) is 11.1. The Balaban J connectivity index is 2.30. The predicted octanol–water partition coefficient (Wildman–Crippen LogP) is 4.62. The Kier molecular flexibility index (Phi) is 15.8. The van der Waals surface area contributed by atoms with Crippen molar-refractivity contribution in [1.29, 1.82) is 0 Å². The molecule has 5 unspecified atom stereocenters. The molecule has 0 radical (unpaired) electrons. The van der Waals surface area contributed by atoms with Crippen molar-refractivity contribution in [3.63, 3.8) is 0 Å². The van der Waals surface area contributed by atoms with Gasteiger partial charge in [-0.2, -0.15) is 0 Å². The topological polar surface area (TPSA) is 147 Å². The molecule has 45 heavy (non-hydrogen) atoms. The molecule has 256 valence electrons. The SMILES string of the molecule is CC=CCCCOC(=O)N1CC(OC2CCCCCC2)CC1C(=O)NC(C(=O)OC(C)(C)C)C(C)C(COC(C)=O)OC(C)=O. The lowest BCUT2D eigenvalue weighted by Gasteiger charge is -2.33. The first-order valence-electron chi connectivity index (χ1n) is 16.3. The van der Waals surface area contributed by atoms with Crippen LogP contribution < -0.4 is 5.32 Å². The van der Waals surface area contributed by atoms with Gasteiger partial charge in [-0.1, -0.05) is 44.8 Å². The number of nitrogens with one attached hydrogen (secondary N) is 1. The number of carbonyl (C=O) groups excluding carboxylic acids is 5. The van der Waals surface area contributed by atoms with E-state index in [4.69, 9.17) is 23.7 Å². The Hall–Kier alpha value is -3.15. The van der Waals surface area contributed by atoms with Gasteiger partial charge >= 0.3 is 24.0 Å². The van der Waals surface area contributed by atoms with Crippen LogP contribution in [0, 0.1) is 5.92 Å². The molecule has 1 aliphatic heterocycles. The molecule has 0 aromatic heterocycles. The number of likely N-dealkylation sites (tertiary alicyclic amines) is 1. The van der Waals surface area contributed by atoms with E-state index in [0.717, 1.165) is 44.9 Å². The van der Waals surface area contributed by atoms with Crippen molar-refractivity contribution in [2.24, 2.45) is 5.92 Å². The van der Waals surface area contributed by atoms with Gasteiger partial charge in [0, 0.05) is 26.2 Å². The Morgan fingerprint density at radius 1 is 0.956 bits per heavy atom. The van der Waals surface area contributed by atoms with Gasteiger partial charge in [0.2, 0.25) is 5.91 Å². The van der Waals surface area contributed by atoms with Gasteiger partial charge in [-0.25, -0.2) is 9.59 Å². The second kappa shape index (κ2) is 18.7. The number of rotatable bonds is 14. The minimum atomic E-state index is -1.29. The van der Waals surface area contributed by atoms with Crippen LogP contribution in [0.25, 0.3) is 0 Å². The van der Waals surface area contributed by atoms with E-state index in [1.807, 2.05) is 19.1 Å². The second-order valence-electron chi connectivity index (χ2n) is 12.9. The summed E-state index contributed by atoms with van der Waals surface area (Å²) in [4.78, 5) is 65.5. The fourth-order valence-corrected chi connectivity index (χ4v) is 5.55. The minimum absolute atomic E-state index is 0.0540. The fraction of sp³-hybridized carbons (Fsp3) is 0.788. The van der Waals surface area contributed by atoms with Crippen molar-refractivity contribution in [1.82, 2.24) is 10.2 Å². The molecule has 2 rings (SSSR count). The highest BCUT2D eigenvalue weighted by atomic mass is 16.6. The third-order valence-electron chi connectivity index (χ3n) is 7.80. The number of amides is 2. The van der Waals surface area contributed by atoms with Crippen molar-refractivity contribution in [2.45, 2.75) is 142 Å². The Morgan fingerprint density at radius 3 is 2.20 bits per heavy atom. The molecule has 2 aliphatic rings. The summed E-state index contributed by atoms with van der Waals surface area (Å²) in [5, 5.41) is 2.77. The molecule has 2 fully saturated rings. The Bertz CT molecular complexity index is 1020. The quantitative estimate of drug-likeness (QED) is 0.0940. The van der Waals surface area contributed by atoms with Crippen molar-refractivity contribution in [3.05, 3.63) is 12.2 Å². The van der Waals surface area contributed by atoms with Crippen molar-refractivity contribution in [2.75, 3.05) is 19.8 Å². The largest absolute Gasteiger partial charge is 0.462 e. The molecule has 1 saturated heterocycles. The number of nitrogens with zero attached hydrogens (tertiary/aromatic N) is 1. The summed E-state index contributed by atoms with van der Waals surface area (Å²) in [5.74, 6) is -3.46. The molecule has 0 bridgehead atoms. The number of hydrogen-bond donors (Lipinski definition) is 1. The van der Waals surface area contributed by atoms with Gasteiger partial charge in [0.15, 0.2) is 0 Å². The first-order chi connectivity index (χ1) is 21.2. The molecule has 1 saturated carbocycles. The summed E-state index contributed by atoms with van der Waals surface area (Å²) < 4.78 is 28.1. The van der Waals surface area contributed by atoms with E-state index in [1.54, 1.807) is 27.7 Å². The smallest absolute Gasteiger partial charge is 0.410 e.